The highest BCUT2D eigenvalue weighted by Crippen LogP contribution is 2.33. The molecule has 1 heterocycles. The zero-order valence-electron chi connectivity index (χ0n) is 17.7. The Morgan fingerprint density at radius 3 is 2.25 bits per heavy atom. The summed E-state index contributed by atoms with van der Waals surface area (Å²) in [7, 11) is 1.00. The number of phenols is 1. The lowest BCUT2D eigenvalue weighted by Crippen LogP contribution is -2.15. The zero-order valence-corrected chi connectivity index (χ0v) is 17.7. The van der Waals surface area contributed by atoms with Crippen LogP contribution in [0.25, 0.3) is 0 Å². The summed E-state index contributed by atoms with van der Waals surface area (Å²) < 4.78 is 3.39. The van der Waals surface area contributed by atoms with E-state index in [9.17, 15) is 5.11 Å². The number of aliphatic hydroxyl groups excluding tert-OH is 1. The third kappa shape index (κ3) is 8.42. The molecular formula is C24H38NO3+. The Kier molecular flexibility index (Phi) is 12.2. The van der Waals surface area contributed by atoms with Gasteiger partial charge in [0.1, 0.15) is 25.6 Å². The topological polar surface area (TPSA) is 69.2 Å². The maximum atomic E-state index is 10.4. The Bertz CT molecular complexity index is 640. The molecule has 1 unspecified atom stereocenters. The van der Waals surface area contributed by atoms with Gasteiger partial charge in [-0.15, -0.1) is 0 Å². The minimum absolute atomic E-state index is 0.352. The van der Waals surface area contributed by atoms with Gasteiger partial charge in [-0.05, 0) is 43.0 Å². The Morgan fingerprint density at radius 2 is 1.64 bits per heavy atom. The van der Waals surface area contributed by atoms with Crippen molar-refractivity contribution in [3.63, 3.8) is 0 Å². The minimum atomic E-state index is 0.352. The number of benzene rings is 2. The van der Waals surface area contributed by atoms with Crippen LogP contribution in [0, 0.1) is 6.92 Å². The highest BCUT2D eigenvalue weighted by atomic mass is 16.7. The van der Waals surface area contributed by atoms with Crippen molar-refractivity contribution in [3.8, 4) is 5.75 Å². The van der Waals surface area contributed by atoms with Crippen LogP contribution in [0.2, 0.25) is 0 Å². The van der Waals surface area contributed by atoms with Crippen molar-refractivity contribution in [2.75, 3.05) is 33.5 Å². The lowest BCUT2D eigenvalue weighted by molar-refractivity contribution is -0.108. The first-order chi connectivity index (χ1) is 13.6. The van der Waals surface area contributed by atoms with Gasteiger partial charge < -0.3 is 20.3 Å². The quantitative estimate of drug-likeness (QED) is 0.645. The molecule has 0 aliphatic carbocycles. The van der Waals surface area contributed by atoms with Gasteiger partial charge in [0.25, 0.3) is 0 Å². The summed E-state index contributed by atoms with van der Waals surface area (Å²) in [6.07, 6.45) is 4.64. The van der Waals surface area contributed by atoms with E-state index in [4.69, 9.17) is 10.8 Å². The van der Waals surface area contributed by atoms with Gasteiger partial charge in [0.2, 0.25) is 0 Å². The molecule has 28 heavy (non-hydrogen) atoms. The van der Waals surface area contributed by atoms with Crippen LogP contribution in [0.5, 0.6) is 5.75 Å². The fourth-order valence-electron chi connectivity index (χ4n) is 3.49. The molecule has 1 fully saturated rings. The van der Waals surface area contributed by atoms with E-state index < -0.39 is 0 Å². The van der Waals surface area contributed by atoms with Crippen LogP contribution in [0.1, 0.15) is 48.8 Å². The van der Waals surface area contributed by atoms with E-state index in [1.54, 1.807) is 0 Å². The number of nitrogens with two attached hydrogens (primary N) is 1. The van der Waals surface area contributed by atoms with E-state index in [2.05, 4.69) is 47.7 Å². The fourth-order valence-corrected chi connectivity index (χ4v) is 3.49. The third-order valence-corrected chi connectivity index (χ3v) is 4.82. The molecule has 0 radical (unpaired) electrons. The molecule has 0 saturated carbocycles. The molecule has 4 N–H and O–H groups in total. The Labute approximate surface area is 170 Å². The van der Waals surface area contributed by atoms with Gasteiger partial charge in [-0.2, -0.15) is 0 Å². The van der Waals surface area contributed by atoms with E-state index in [1.165, 1.54) is 24.0 Å². The van der Waals surface area contributed by atoms with Crippen molar-refractivity contribution in [2.45, 2.75) is 45.4 Å². The van der Waals surface area contributed by atoms with Gasteiger partial charge in [-0.1, -0.05) is 55.0 Å². The van der Waals surface area contributed by atoms with Crippen LogP contribution in [0.4, 0.5) is 0 Å². The van der Waals surface area contributed by atoms with Crippen LogP contribution in [0.15, 0.2) is 48.5 Å². The van der Waals surface area contributed by atoms with Gasteiger partial charge >= 0.3 is 0 Å². The Balaban J connectivity index is 0.000000717. The highest BCUT2D eigenvalue weighted by molar-refractivity contribution is 5.39. The van der Waals surface area contributed by atoms with E-state index in [0.29, 0.717) is 11.7 Å². The van der Waals surface area contributed by atoms with Crippen molar-refractivity contribution >= 4 is 0 Å². The number of hydrogen-bond donors (Lipinski definition) is 3. The molecule has 0 bridgehead atoms. The van der Waals surface area contributed by atoms with Crippen molar-refractivity contribution in [2.24, 2.45) is 5.73 Å². The molecule has 1 atom stereocenters. The molecule has 4 nitrogen and oxygen atoms in total. The van der Waals surface area contributed by atoms with Crippen LogP contribution in [-0.4, -0.2) is 43.7 Å². The number of aliphatic hydroxyl groups is 1. The maximum absolute atomic E-state index is 10.4. The molecule has 2 aromatic rings. The average molecular weight is 389 g/mol. The standard InChI is InChI=1S/C21H26O2.C2H7N.CH4O/c1-17-9-10-21(22)20(15-17)19(11-14-23-12-5-6-13-23)16-18-7-3-2-4-8-18;1-2-3;1-2/h2-4,7-10,15,19H,5-6,11-14,16H2,1H3;2-3H2,1H3;2H,1H3/p+1. The maximum Gasteiger partial charge on any atom is 0.146 e. The second kappa shape index (κ2) is 14.2. The van der Waals surface area contributed by atoms with Crippen molar-refractivity contribution in [1.29, 1.82) is 0 Å². The lowest BCUT2D eigenvalue weighted by atomic mass is 9.88. The second-order valence-electron chi connectivity index (χ2n) is 7.08. The second-order valence-corrected chi connectivity index (χ2v) is 7.08. The van der Waals surface area contributed by atoms with Gasteiger partial charge in [0.05, 0.1) is 0 Å². The summed E-state index contributed by atoms with van der Waals surface area (Å²) in [5.74, 6) is 0.786. The molecule has 4 heteroatoms. The van der Waals surface area contributed by atoms with Crippen LogP contribution in [-0.2, 0) is 10.8 Å². The molecule has 1 saturated heterocycles. The zero-order chi connectivity index (χ0) is 20.8. The normalized spacial score (nSPS) is 14.5. The predicted octanol–water partition coefficient (Wildman–Crippen LogP) is 4.34. The highest BCUT2D eigenvalue weighted by Gasteiger charge is 2.22. The first-order valence-corrected chi connectivity index (χ1v) is 10.3. The summed E-state index contributed by atoms with van der Waals surface area (Å²) in [6.45, 7) is 8.10. The molecule has 0 aromatic heterocycles. The molecule has 1 aliphatic rings. The van der Waals surface area contributed by atoms with Crippen molar-refractivity contribution in [3.05, 3.63) is 65.2 Å². The number of hydrogen-bond acceptors (Lipinski definition) is 3. The average Bonchev–Trinajstić information content (AvgIpc) is 3.24. The molecule has 2 aromatic carbocycles. The van der Waals surface area contributed by atoms with Crippen molar-refractivity contribution < 1.29 is 14.6 Å². The lowest BCUT2D eigenvalue weighted by Gasteiger charge is -2.21. The summed E-state index contributed by atoms with van der Waals surface area (Å²) in [5.41, 5.74) is 8.49. The summed E-state index contributed by atoms with van der Waals surface area (Å²) in [5, 5.41) is 17.4. The van der Waals surface area contributed by atoms with Gasteiger partial charge in [0.15, 0.2) is 0 Å². The van der Waals surface area contributed by atoms with E-state index in [1.807, 2.05) is 19.1 Å². The molecule has 1 aliphatic heterocycles. The van der Waals surface area contributed by atoms with E-state index in [0.717, 1.165) is 51.9 Å². The summed E-state index contributed by atoms with van der Waals surface area (Å²) in [4.78, 5) is 0. The molecule has 0 amide bonds. The van der Waals surface area contributed by atoms with E-state index in [-0.39, 0.29) is 0 Å². The fraction of sp³-hybridized carbons (Fsp3) is 0.500. The first kappa shape index (κ1) is 24.2. The number of aryl methyl sites for hydroxylation is 1. The largest absolute Gasteiger partial charge is 0.508 e. The van der Waals surface area contributed by atoms with Crippen LogP contribution < -0.4 is 5.73 Å². The smallest absolute Gasteiger partial charge is 0.146 e. The molecule has 0 spiro atoms. The number of aromatic hydroxyl groups is 1. The van der Waals surface area contributed by atoms with Crippen molar-refractivity contribution in [1.82, 2.24) is 0 Å². The van der Waals surface area contributed by atoms with Crippen LogP contribution >= 0.6 is 0 Å². The Hall–Kier alpha value is -1.88. The third-order valence-electron chi connectivity index (χ3n) is 4.82. The molecular weight excluding hydrogens is 350 g/mol. The Morgan fingerprint density at radius 1 is 1.04 bits per heavy atom. The van der Waals surface area contributed by atoms with Gasteiger partial charge in [-0.25, -0.2) is 0 Å². The monoisotopic (exact) mass is 388 g/mol. The molecule has 156 valence electrons. The van der Waals surface area contributed by atoms with Crippen LogP contribution in [0.3, 0.4) is 0 Å². The first-order valence-electron chi connectivity index (χ1n) is 10.3. The predicted molar refractivity (Wildman–Crippen MR) is 118 cm³/mol. The summed E-state index contributed by atoms with van der Waals surface area (Å²) >= 11 is 0. The number of phenolic OH excluding ortho intramolecular Hbond substituents is 1. The molecule has 3 rings (SSSR count). The van der Waals surface area contributed by atoms with Gasteiger partial charge in [-0.3, -0.25) is 0 Å². The SMILES string of the molecule is CCN.CO.Cc1ccc(O)c(C(CC[O+]2CCCC2)Cc2ccccc2)c1. The minimum Gasteiger partial charge on any atom is -0.508 e. The number of rotatable bonds is 6. The van der Waals surface area contributed by atoms with E-state index >= 15 is 0 Å². The van der Waals surface area contributed by atoms with Gasteiger partial charge in [0, 0.05) is 26.4 Å². The summed E-state index contributed by atoms with van der Waals surface area (Å²) in [6, 6.07) is 16.6.